The summed E-state index contributed by atoms with van der Waals surface area (Å²) in [6, 6.07) is 7.85. The van der Waals surface area contributed by atoms with Crippen molar-refractivity contribution >= 4 is 16.6 Å². The highest BCUT2D eigenvalue weighted by atomic mass is 19.1. The Hall–Kier alpha value is -2.67. The third-order valence-corrected chi connectivity index (χ3v) is 5.49. The van der Waals surface area contributed by atoms with Crippen LogP contribution in [-0.4, -0.2) is 57.2 Å². The SMILES string of the molecule is Cc1ncc(-c2ccc3cnc(CC(=O)C4(F)CN(CCF)C4)cc3c2)n1C. The minimum absolute atomic E-state index is 0.0344. The van der Waals surface area contributed by atoms with Gasteiger partial charge in [-0.25, -0.2) is 13.8 Å². The van der Waals surface area contributed by atoms with Gasteiger partial charge in [0.1, 0.15) is 12.5 Å². The average molecular weight is 384 g/mol. The number of nitrogens with zero attached hydrogens (tertiary/aromatic N) is 4. The summed E-state index contributed by atoms with van der Waals surface area (Å²) >= 11 is 0. The van der Waals surface area contributed by atoms with Gasteiger partial charge >= 0.3 is 0 Å². The van der Waals surface area contributed by atoms with Crippen LogP contribution in [0.4, 0.5) is 8.78 Å². The van der Waals surface area contributed by atoms with Crippen LogP contribution in [0.25, 0.3) is 22.0 Å². The molecule has 4 rings (SSSR count). The van der Waals surface area contributed by atoms with Gasteiger partial charge in [0.05, 0.1) is 18.3 Å². The van der Waals surface area contributed by atoms with Crippen molar-refractivity contribution in [3.05, 3.63) is 48.2 Å². The van der Waals surface area contributed by atoms with E-state index in [0.717, 1.165) is 27.9 Å². The van der Waals surface area contributed by atoms with Crippen molar-refractivity contribution in [3.8, 4) is 11.3 Å². The summed E-state index contributed by atoms with van der Waals surface area (Å²) < 4.78 is 29.0. The fraction of sp³-hybridized carbons (Fsp3) is 0.381. The Morgan fingerprint density at radius 2 is 1.96 bits per heavy atom. The summed E-state index contributed by atoms with van der Waals surface area (Å²) in [6.45, 7) is 1.51. The van der Waals surface area contributed by atoms with Crippen LogP contribution in [0.2, 0.25) is 0 Å². The van der Waals surface area contributed by atoms with Crippen molar-refractivity contribution in [1.29, 1.82) is 0 Å². The first-order chi connectivity index (χ1) is 13.4. The molecule has 1 fully saturated rings. The Labute approximate surface area is 162 Å². The predicted molar refractivity (Wildman–Crippen MR) is 104 cm³/mol. The molecule has 0 amide bonds. The number of carbonyl (C=O) groups is 1. The van der Waals surface area contributed by atoms with E-state index in [1.165, 1.54) is 0 Å². The highest BCUT2D eigenvalue weighted by molar-refractivity contribution is 5.92. The quantitative estimate of drug-likeness (QED) is 0.656. The molecule has 146 valence electrons. The number of aromatic nitrogens is 3. The number of fused-ring (bicyclic) bond motifs is 1. The molecule has 3 heterocycles. The Bertz CT molecular complexity index is 1040. The third kappa shape index (κ3) is 3.30. The van der Waals surface area contributed by atoms with Gasteiger partial charge in [-0.05, 0) is 24.4 Å². The van der Waals surface area contributed by atoms with Crippen molar-refractivity contribution in [1.82, 2.24) is 19.4 Å². The molecule has 5 nitrogen and oxygen atoms in total. The first kappa shape index (κ1) is 18.7. The van der Waals surface area contributed by atoms with Gasteiger partial charge < -0.3 is 4.57 Å². The van der Waals surface area contributed by atoms with E-state index in [-0.39, 0.29) is 26.1 Å². The maximum atomic E-state index is 14.7. The van der Waals surface area contributed by atoms with Gasteiger partial charge in [0.2, 0.25) is 0 Å². The lowest BCUT2D eigenvalue weighted by Gasteiger charge is -2.42. The molecule has 7 heteroatoms. The predicted octanol–water partition coefficient (Wildman–Crippen LogP) is 3.05. The number of pyridine rings is 1. The Kier molecular flexibility index (Phi) is 4.71. The molecule has 0 bridgehead atoms. The molecule has 0 spiro atoms. The van der Waals surface area contributed by atoms with Crippen LogP contribution < -0.4 is 0 Å². The molecule has 1 aliphatic heterocycles. The van der Waals surface area contributed by atoms with E-state index in [4.69, 9.17) is 0 Å². The lowest BCUT2D eigenvalue weighted by Crippen LogP contribution is -2.63. The fourth-order valence-electron chi connectivity index (χ4n) is 3.65. The number of benzene rings is 1. The Morgan fingerprint density at radius 1 is 1.18 bits per heavy atom. The van der Waals surface area contributed by atoms with E-state index >= 15 is 0 Å². The average Bonchev–Trinajstić information content (AvgIpc) is 2.98. The Morgan fingerprint density at radius 3 is 2.64 bits per heavy atom. The van der Waals surface area contributed by atoms with Crippen molar-refractivity contribution in [2.45, 2.75) is 19.0 Å². The summed E-state index contributed by atoms with van der Waals surface area (Å²) in [7, 11) is 1.96. The molecule has 0 N–H and O–H groups in total. The summed E-state index contributed by atoms with van der Waals surface area (Å²) in [5.41, 5.74) is 0.664. The second-order valence-electron chi connectivity index (χ2n) is 7.45. The van der Waals surface area contributed by atoms with Crippen LogP contribution in [0, 0.1) is 6.92 Å². The highest BCUT2D eigenvalue weighted by Crippen LogP contribution is 2.29. The van der Waals surface area contributed by atoms with Gasteiger partial charge in [-0.3, -0.25) is 14.7 Å². The van der Waals surface area contributed by atoms with Crippen LogP contribution in [0.15, 0.2) is 36.7 Å². The standard InChI is InChI=1S/C21H22F2N4O/c1-14-24-11-19(26(14)2)15-3-4-16-10-25-18(8-17(16)7-15)9-20(28)21(23)12-27(13-21)6-5-22/h3-4,7-8,10-11H,5-6,9,12-13H2,1-2H3. The molecule has 0 unspecified atom stereocenters. The first-order valence-electron chi connectivity index (χ1n) is 9.27. The molecule has 1 saturated heterocycles. The second-order valence-corrected chi connectivity index (χ2v) is 7.45. The van der Waals surface area contributed by atoms with Crippen molar-refractivity contribution in [2.24, 2.45) is 7.05 Å². The van der Waals surface area contributed by atoms with E-state index in [0.29, 0.717) is 5.69 Å². The number of hydrogen-bond donors (Lipinski definition) is 0. The zero-order chi connectivity index (χ0) is 19.9. The lowest BCUT2D eigenvalue weighted by atomic mass is 9.88. The molecule has 0 radical (unpaired) electrons. The summed E-state index contributed by atoms with van der Waals surface area (Å²) in [4.78, 5) is 22.6. The number of halogens is 2. The van der Waals surface area contributed by atoms with Crippen LogP contribution in [0.3, 0.4) is 0 Å². The molecule has 3 aromatic rings. The van der Waals surface area contributed by atoms with Crippen LogP contribution in [0.5, 0.6) is 0 Å². The summed E-state index contributed by atoms with van der Waals surface area (Å²) in [6.07, 6.45) is 3.47. The summed E-state index contributed by atoms with van der Waals surface area (Å²) in [5, 5.41) is 1.89. The molecule has 1 aromatic carbocycles. The first-order valence-corrected chi connectivity index (χ1v) is 9.27. The molecule has 2 aromatic heterocycles. The van der Waals surface area contributed by atoms with Gasteiger partial charge in [0, 0.05) is 49.5 Å². The smallest absolute Gasteiger partial charge is 0.194 e. The number of alkyl halides is 2. The van der Waals surface area contributed by atoms with Crippen LogP contribution in [-0.2, 0) is 18.3 Å². The molecule has 28 heavy (non-hydrogen) atoms. The number of Topliss-reactive ketones (excluding diaryl/α,β-unsaturated/α-hetero) is 1. The number of ketones is 1. The van der Waals surface area contributed by atoms with Gasteiger partial charge in [0.25, 0.3) is 0 Å². The maximum Gasteiger partial charge on any atom is 0.194 e. The largest absolute Gasteiger partial charge is 0.331 e. The van der Waals surface area contributed by atoms with E-state index in [1.807, 2.05) is 49.0 Å². The fourth-order valence-corrected chi connectivity index (χ4v) is 3.65. The summed E-state index contributed by atoms with van der Waals surface area (Å²) in [5.74, 6) is 0.430. The molecular formula is C21H22F2N4O. The number of aryl methyl sites for hydroxylation is 1. The minimum atomic E-state index is -1.89. The normalized spacial score (nSPS) is 16.3. The number of rotatable bonds is 6. The molecule has 0 saturated carbocycles. The lowest BCUT2D eigenvalue weighted by molar-refractivity contribution is -0.142. The number of hydrogen-bond acceptors (Lipinski definition) is 4. The minimum Gasteiger partial charge on any atom is -0.331 e. The zero-order valence-electron chi connectivity index (χ0n) is 16.0. The van der Waals surface area contributed by atoms with Gasteiger partial charge in [-0.1, -0.05) is 12.1 Å². The zero-order valence-corrected chi connectivity index (χ0v) is 16.0. The van der Waals surface area contributed by atoms with Gasteiger partial charge in [-0.15, -0.1) is 0 Å². The van der Waals surface area contributed by atoms with Crippen molar-refractivity contribution in [2.75, 3.05) is 26.3 Å². The van der Waals surface area contributed by atoms with Crippen LogP contribution in [0.1, 0.15) is 11.5 Å². The third-order valence-electron chi connectivity index (χ3n) is 5.49. The number of imidazole rings is 1. The molecule has 0 atom stereocenters. The number of carbonyl (C=O) groups excluding carboxylic acids is 1. The van der Waals surface area contributed by atoms with E-state index in [2.05, 4.69) is 9.97 Å². The second kappa shape index (κ2) is 7.05. The topological polar surface area (TPSA) is 51.0 Å². The number of likely N-dealkylation sites (tertiary alicyclic amines) is 1. The monoisotopic (exact) mass is 384 g/mol. The van der Waals surface area contributed by atoms with Gasteiger partial charge in [0.15, 0.2) is 11.5 Å². The molecule has 0 aliphatic carbocycles. The highest BCUT2D eigenvalue weighted by Gasteiger charge is 2.49. The van der Waals surface area contributed by atoms with Crippen LogP contribution >= 0.6 is 0 Å². The maximum absolute atomic E-state index is 14.7. The molecule has 1 aliphatic rings. The van der Waals surface area contributed by atoms with E-state index < -0.39 is 18.1 Å². The van der Waals surface area contributed by atoms with Crippen molar-refractivity contribution < 1.29 is 13.6 Å². The molecular weight excluding hydrogens is 362 g/mol. The van der Waals surface area contributed by atoms with Gasteiger partial charge in [-0.2, -0.15) is 0 Å². The van der Waals surface area contributed by atoms with E-state index in [1.54, 1.807) is 11.1 Å². The van der Waals surface area contributed by atoms with E-state index in [9.17, 15) is 13.6 Å². The Balaban J connectivity index is 1.56. The van der Waals surface area contributed by atoms with Crippen molar-refractivity contribution in [3.63, 3.8) is 0 Å².